The molecule has 2 atom stereocenters. The minimum absolute atomic E-state index is 0.114. The fraction of sp³-hybridized carbons (Fsp3) is 0.280. The molecule has 3 aromatic rings. The SMILES string of the molecule is C=CC(=O)N[C@H]1CN(C(=O)CN)C[C@H]1Nc1ncc2cc(-c3c(Cl)c(OC)cc(OC)c3Cl)ccc2n1. The van der Waals surface area contributed by atoms with Crippen LogP contribution in [0.3, 0.4) is 0 Å². The molecule has 2 heterocycles. The van der Waals surface area contributed by atoms with Crippen molar-refractivity contribution in [1.29, 1.82) is 0 Å². The molecule has 1 fully saturated rings. The quantitative estimate of drug-likeness (QED) is 0.369. The highest BCUT2D eigenvalue weighted by Crippen LogP contribution is 2.46. The number of nitrogens with one attached hydrogen (secondary N) is 2. The molecule has 0 bridgehead atoms. The van der Waals surface area contributed by atoms with E-state index in [1.807, 2.05) is 18.2 Å². The molecule has 1 aromatic heterocycles. The van der Waals surface area contributed by atoms with Crippen LogP contribution in [-0.2, 0) is 9.59 Å². The van der Waals surface area contributed by atoms with Crippen LogP contribution >= 0.6 is 23.2 Å². The van der Waals surface area contributed by atoms with E-state index in [-0.39, 0.29) is 30.4 Å². The third-order valence-electron chi connectivity index (χ3n) is 6.12. The average Bonchev–Trinajstić information content (AvgIpc) is 3.30. The van der Waals surface area contributed by atoms with Gasteiger partial charge in [0, 0.05) is 36.3 Å². The molecule has 0 aliphatic carbocycles. The Morgan fingerprint density at radius 1 is 1.16 bits per heavy atom. The van der Waals surface area contributed by atoms with Gasteiger partial charge in [-0.05, 0) is 23.8 Å². The number of amides is 2. The molecule has 4 N–H and O–H groups in total. The lowest BCUT2D eigenvalue weighted by molar-refractivity contribution is -0.129. The summed E-state index contributed by atoms with van der Waals surface area (Å²) in [5.41, 5.74) is 7.50. The Hall–Kier alpha value is -3.60. The second-order valence-electron chi connectivity index (χ2n) is 8.32. The highest BCUT2D eigenvalue weighted by Gasteiger charge is 2.36. The van der Waals surface area contributed by atoms with Crippen LogP contribution in [0.2, 0.25) is 10.0 Å². The highest BCUT2D eigenvalue weighted by atomic mass is 35.5. The number of methoxy groups -OCH3 is 2. The maximum Gasteiger partial charge on any atom is 0.243 e. The first kappa shape index (κ1) is 26.5. The van der Waals surface area contributed by atoms with E-state index in [9.17, 15) is 9.59 Å². The zero-order valence-electron chi connectivity index (χ0n) is 20.3. The first-order valence-corrected chi connectivity index (χ1v) is 12.1. The van der Waals surface area contributed by atoms with Crippen LogP contribution in [-0.4, -0.2) is 72.6 Å². The zero-order valence-corrected chi connectivity index (χ0v) is 21.8. The summed E-state index contributed by atoms with van der Waals surface area (Å²) in [6, 6.07) is 6.48. The van der Waals surface area contributed by atoms with Gasteiger partial charge in [-0.2, -0.15) is 0 Å². The van der Waals surface area contributed by atoms with Crippen LogP contribution in [0.25, 0.3) is 22.0 Å². The fourth-order valence-corrected chi connectivity index (χ4v) is 4.95. The number of rotatable bonds is 8. The molecule has 0 radical (unpaired) electrons. The molecule has 12 heteroatoms. The van der Waals surface area contributed by atoms with Gasteiger partial charge in [-0.1, -0.05) is 35.8 Å². The molecule has 0 spiro atoms. The first-order valence-electron chi connectivity index (χ1n) is 11.3. The average molecular weight is 545 g/mol. The van der Waals surface area contributed by atoms with E-state index in [1.165, 1.54) is 20.3 Å². The van der Waals surface area contributed by atoms with Gasteiger partial charge >= 0.3 is 0 Å². The van der Waals surface area contributed by atoms with Crippen LogP contribution < -0.4 is 25.8 Å². The predicted molar refractivity (Wildman–Crippen MR) is 143 cm³/mol. The molecule has 1 saturated heterocycles. The van der Waals surface area contributed by atoms with Crippen molar-refractivity contribution in [3.8, 4) is 22.6 Å². The Kier molecular flexibility index (Phi) is 8.01. The van der Waals surface area contributed by atoms with E-state index in [0.717, 1.165) is 10.9 Å². The van der Waals surface area contributed by atoms with E-state index in [4.69, 9.17) is 38.4 Å². The maximum atomic E-state index is 12.1. The van der Waals surface area contributed by atoms with Gasteiger partial charge in [-0.25, -0.2) is 9.97 Å². The minimum atomic E-state index is -0.366. The van der Waals surface area contributed by atoms with E-state index < -0.39 is 0 Å². The normalized spacial score (nSPS) is 16.9. The third-order valence-corrected chi connectivity index (χ3v) is 6.87. The molecule has 2 amide bonds. The number of carbonyl (C=O) groups excluding carboxylic acids is 2. The Bertz CT molecular complexity index is 1340. The molecule has 1 aliphatic rings. The Morgan fingerprint density at radius 3 is 2.46 bits per heavy atom. The number of carbonyl (C=O) groups is 2. The van der Waals surface area contributed by atoms with Crippen molar-refractivity contribution in [2.24, 2.45) is 5.73 Å². The predicted octanol–water partition coefficient (Wildman–Crippen LogP) is 2.87. The van der Waals surface area contributed by atoms with Crippen LogP contribution in [0.1, 0.15) is 0 Å². The summed E-state index contributed by atoms with van der Waals surface area (Å²) in [5.74, 6) is 0.679. The van der Waals surface area contributed by atoms with Crippen molar-refractivity contribution in [1.82, 2.24) is 20.2 Å². The lowest BCUT2D eigenvalue weighted by atomic mass is 10.0. The summed E-state index contributed by atoms with van der Waals surface area (Å²) < 4.78 is 10.7. The number of hydrogen-bond acceptors (Lipinski definition) is 8. The van der Waals surface area contributed by atoms with Crippen LogP contribution in [0.5, 0.6) is 11.5 Å². The Morgan fingerprint density at radius 2 is 1.84 bits per heavy atom. The molecule has 0 unspecified atom stereocenters. The van der Waals surface area contributed by atoms with Crippen molar-refractivity contribution in [2.75, 3.05) is 39.2 Å². The van der Waals surface area contributed by atoms with Crippen molar-refractivity contribution in [3.63, 3.8) is 0 Å². The fourth-order valence-electron chi connectivity index (χ4n) is 4.23. The van der Waals surface area contributed by atoms with Crippen LogP contribution in [0.4, 0.5) is 5.95 Å². The smallest absolute Gasteiger partial charge is 0.243 e. The summed E-state index contributed by atoms with van der Waals surface area (Å²) in [6.07, 6.45) is 2.85. The summed E-state index contributed by atoms with van der Waals surface area (Å²) in [4.78, 5) is 34.7. The number of nitrogens with zero attached hydrogens (tertiary/aromatic N) is 3. The van der Waals surface area contributed by atoms with Gasteiger partial charge in [0.1, 0.15) is 11.5 Å². The molecule has 37 heavy (non-hydrogen) atoms. The van der Waals surface area contributed by atoms with Crippen LogP contribution in [0.15, 0.2) is 43.1 Å². The lowest BCUT2D eigenvalue weighted by Crippen LogP contribution is -2.45. The van der Waals surface area contributed by atoms with Gasteiger partial charge in [-0.15, -0.1) is 0 Å². The number of nitrogens with two attached hydrogens (primary N) is 1. The van der Waals surface area contributed by atoms with Crippen molar-refractivity contribution < 1.29 is 19.1 Å². The van der Waals surface area contributed by atoms with E-state index >= 15 is 0 Å². The van der Waals surface area contributed by atoms with Gasteiger partial charge in [0.15, 0.2) is 0 Å². The topological polar surface area (TPSA) is 132 Å². The third kappa shape index (κ3) is 5.41. The van der Waals surface area contributed by atoms with E-state index in [0.29, 0.717) is 51.7 Å². The van der Waals surface area contributed by atoms with Gasteiger partial charge in [0.25, 0.3) is 0 Å². The van der Waals surface area contributed by atoms with E-state index in [2.05, 4.69) is 27.2 Å². The number of hydrogen-bond donors (Lipinski definition) is 3. The number of aromatic nitrogens is 2. The van der Waals surface area contributed by atoms with Gasteiger partial charge in [-0.3, -0.25) is 9.59 Å². The Balaban J connectivity index is 1.63. The highest BCUT2D eigenvalue weighted by molar-refractivity contribution is 6.41. The molecule has 4 rings (SSSR count). The van der Waals surface area contributed by atoms with E-state index in [1.54, 1.807) is 17.2 Å². The first-order chi connectivity index (χ1) is 17.8. The zero-order chi connectivity index (χ0) is 26.7. The maximum absolute atomic E-state index is 12.1. The second kappa shape index (κ2) is 11.2. The van der Waals surface area contributed by atoms with Crippen molar-refractivity contribution in [3.05, 3.63) is 53.2 Å². The summed E-state index contributed by atoms with van der Waals surface area (Å²) in [7, 11) is 3.04. The van der Waals surface area contributed by atoms with Gasteiger partial charge in [0.05, 0.1) is 48.4 Å². The summed E-state index contributed by atoms with van der Waals surface area (Å²) >= 11 is 13.2. The molecular formula is C25H26Cl2N6O4. The van der Waals surface area contributed by atoms with Crippen molar-refractivity contribution >= 4 is 51.9 Å². The molecule has 194 valence electrons. The second-order valence-corrected chi connectivity index (χ2v) is 9.08. The number of ether oxygens (including phenoxy) is 2. The number of anilines is 1. The number of benzene rings is 2. The van der Waals surface area contributed by atoms with Gasteiger partial charge < -0.3 is 30.7 Å². The molecule has 1 aliphatic heterocycles. The molecule has 0 saturated carbocycles. The molecule has 10 nitrogen and oxygen atoms in total. The lowest BCUT2D eigenvalue weighted by Gasteiger charge is -2.20. The largest absolute Gasteiger partial charge is 0.495 e. The van der Waals surface area contributed by atoms with Crippen LogP contribution in [0, 0.1) is 0 Å². The number of fused-ring (bicyclic) bond motifs is 1. The Labute approximate surface area is 223 Å². The summed E-state index contributed by atoms with van der Waals surface area (Å²) in [5, 5.41) is 7.55. The molecular weight excluding hydrogens is 519 g/mol. The summed E-state index contributed by atoms with van der Waals surface area (Å²) in [6.45, 7) is 4.03. The van der Waals surface area contributed by atoms with Gasteiger partial charge in [0.2, 0.25) is 17.8 Å². The molecule has 2 aromatic carbocycles. The standard InChI is InChI=1S/C25H26Cl2N6O4/c1-4-20(34)30-16-11-33(21(35)9-28)12-17(16)32-25-29-10-14-7-13(5-6-15(14)31-25)22-23(26)18(36-2)8-19(37-3)24(22)27/h4-8,10,16-17H,1,9,11-12,28H2,2-3H3,(H,30,34)(H,29,31,32)/t16-,17+/m0/s1. The number of halogens is 2. The minimum Gasteiger partial charge on any atom is -0.495 e. The number of likely N-dealkylation sites (tertiary alicyclic amines) is 1. The van der Waals surface area contributed by atoms with Crippen molar-refractivity contribution in [2.45, 2.75) is 12.1 Å². The monoisotopic (exact) mass is 544 g/mol.